The Morgan fingerprint density at radius 3 is 2.87 bits per heavy atom. The van der Waals surface area contributed by atoms with Gasteiger partial charge in [0.25, 0.3) is 0 Å². The monoisotopic (exact) mass is 214 g/mol. The van der Waals surface area contributed by atoms with Gasteiger partial charge in [0.05, 0.1) is 26.4 Å². The van der Waals surface area contributed by atoms with Crippen molar-refractivity contribution < 1.29 is 14.3 Å². The van der Waals surface area contributed by atoms with E-state index in [4.69, 9.17) is 9.47 Å². The van der Waals surface area contributed by atoms with Crippen LogP contribution in [0.25, 0.3) is 0 Å². The highest BCUT2D eigenvalue weighted by molar-refractivity contribution is 5.82. The summed E-state index contributed by atoms with van der Waals surface area (Å²) in [5.41, 5.74) is 0.130. The number of rotatable bonds is 3. The van der Waals surface area contributed by atoms with Gasteiger partial charge in [0.15, 0.2) is 0 Å². The van der Waals surface area contributed by atoms with Gasteiger partial charge in [0.1, 0.15) is 6.04 Å². The standard InChI is InChI=1S/C10H18N2O3/c1-10(6-15-7-10)5-12-9(13)8-4-14-3-2-11-8/h8,11H,2-7H2,1H3,(H,12,13). The molecule has 2 N–H and O–H groups in total. The van der Waals surface area contributed by atoms with Crippen LogP contribution in [0, 0.1) is 5.41 Å². The highest BCUT2D eigenvalue weighted by Gasteiger charge is 2.34. The number of hydrogen-bond acceptors (Lipinski definition) is 4. The zero-order valence-electron chi connectivity index (χ0n) is 9.04. The van der Waals surface area contributed by atoms with Crippen molar-refractivity contribution in [1.29, 1.82) is 0 Å². The molecule has 2 aliphatic rings. The lowest BCUT2D eigenvalue weighted by atomic mass is 9.88. The van der Waals surface area contributed by atoms with Gasteiger partial charge in [-0.25, -0.2) is 0 Å². The zero-order chi connectivity index (χ0) is 10.7. The maximum Gasteiger partial charge on any atom is 0.239 e. The van der Waals surface area contributed by atoms with Gasteiger partial charge in [0, 0.05) is 18.5 Å². The summed E-state index contributed by atoms with van der Waals surface area (Å²) in [4.78, 5) is 11.7. The lowest BCUT2D eigenvalue weighted by Crippen LogP contribution is -2.55. The third-order valence-electron chi connectivity index (χ3n) is 2.83. The Kier molecular flexibility index (Phi) is 3.23. The van der Waals surface area contributed by atoms with Crippen LogP contribution in [0.2, 0.25) is 0 Å². The summed E-state index contributed by atoms with van der Waals surface area (Å²) < 4.78 is 10.4. The van der Waals surface area contributed by atoms with E-state index in [0.717, 1.165) is 19.8 Å². The summed E-state index contributed by atoms with van der Waals surface area (Å²) in [5, 5.41) is 6.06. The summed E-state index contributed by atoms with van der Waals surface area (Å²) in [6.45, 7) is 6.18. The van der Waals surface area contributed by atoms with E-state index in [-0.39, 0.29) is 17.4 Å². The molecule has 2 rings (SSSR count). The van der Waals surface area contributed by atoms with E-state index >= 15 is 0 Å². The van der Waals surface area contributed by atoms with Gasteiger partial charge in [-0.05, 0) is 0 Å². The number of amides is 1. The van der Waals surface area contributed by atoms with Crippen molar-refractivity contribution in [3.63, 3.8) is 0 Å². The van der Waals surface area contributed by atoms with Gasteiger partial charge in [-0.3, -0.25) is 4.79 Å². The SMILES string of the molecule is CC1(CNC(=O)C2COCCN2)COC1. The fourth-order valence-electron chi connectivity index (χ4n) is 1.71. The van der Waals surface area contributed by atoms with Crippen molar-refractivity contribution in [3.05, 3.63) is 0 Å². The number of nitrogens with one attached hydrogen (secondary N) is 2. The number of morpholine rings is 1. The van der Waals surface area contributed by atoms with Crippen molar-refractivity contribution in [1.82, 2.24) is 10.6 Å². The van der Waals surface area contributed by atoms with E-state index in [0.29, 0.717) is 19.8 Å². The van der Waals surface area contributed by atoms with Gasteiger partial charge in [-0.15, -0.1) is 0 Å². The molecular formula is C10H18N2O3. The van der Waals surface area contributed by atoms with Crippen molar-refractivity contribution in [2.75, 3.05) is 39.5 Å². The lowest BCUT2D eigenvalue weighted by molar-refractivity contribution is -0.131. The maximum absolute atomic E-state index is 11.7. The van der Waals surface area contributed by atoms with Crippen LogP contribution in [-0.4, -0.2) is 51.5 Å². The molecule has 2 fully saturated rings. The minimum absolute atomic E-state index is 0.0304. The Morgan fingerprint density at radius 1 is 1.53 bits per heavy atom. The van der Waals surface area contributed by atoms with E-state index < -0.39 is 0 Å². The van der Waals surface area contributed by atoms with E-state index in [1.165, 1.54) is 0 Å². The Morgan fingerprint density at radius 2 is 2.33 bits per heavy atom. The first-order valence-electron chi connectivity index (χ1n) is 5.36. The molecule has 0 radical (unpaired) electrons. The van der Waals surface area contributed by atoms with Crippen LogP contribution in [0.1, 0.15) is 6.92 Å². The Balaban J connectivity index is 1.71. The second-order valence-corrected chi connectivity index (χ2v) is 4.60. The van der Waals surface area contributed by atoms with Crippen LogP contribution < -0.4 is 10.6 Å². The summed E-state index contributed by atoms with van der Waals surface area (Å²) >= 11 is 0. The molecule has 0 aliphatic carbocycles. The molecule has 86 valence electrons. The molecule has 2 saturated heterocycles. The molecule has 2 heterocycles. The Hall–Kier alpha value is -0.650. The van der Waals surface area contributed by atoms with E-state index in [2.05, 4.69) is 17.6 Å². The predicted octanol–water partition coefficient (Wildman–Crippen LogP) is -0.872. The highest BCUT2D eigenvalue weighted by Crippen LogP contribution is 2.24. The average Bonchev–Trinajstić information content (AvgIpc) is 2.24. The third-order valence-corrected chi connectivity index (χ3v) is 2.83. The molecule has 0 spiro atoms. The molecule has 0 aromatic rings. The fourth-order valence-corrected chi connectivity index (χ4v) is 1.71. The summed E-state index contributed by atoms with van der Waals surface area (Å²) in [7, 11) is 0. The molecular weight excluding hydrogens is 196 g/mol. The highest BCUT2D eigenvalue weighted by atomic mass is 16.5. The van der Waals surface area contributed by atoms with E-state index in [1.807, 2.05) is 0 Å². The number of hydrogen-bond donors (Lipinski definition) is 2. The van der Waals surface area contributed by atoms with Crippen LogP contribution in [-0.2, 0) is 14.3 Å². The number of carbonyl (C=O) groups excluding carboxylic acids is 1. The minimum Gasteiger partial charge on any atom is -0.380 e. The topological polar surface area (TPSA) is 59.6 Å². The van der Waals surface area contributed by atoms with Gasteiger partial charge >= 0.3 is 0 Å². The maximum atomic E-state index is 11.7. The quantitative estimate of drug-likeness (QED) is 0.641. The molecule has 5 nitrogen and oxygen atoms in total. The zero-order valence-corrected chi connectivity index (χ0v) is 9.04. The summed E-state index contributed by atoms with van der Waals surface area (Å²) in [6.07, 6.45) is 0. The van der Waals surface area contributed by atoms with Gasteiger partial charge in [0.2, 0.25) is 5.91 Å². The third kappa shape index (κ3) is 2.68. The average molecular weight is 214 g/mol. The van der Waals surface area contributed by atoms with Gasteiger partial charge in [-0.2, -0.15) is 0 Å². The largest absolute Gasteiger partial charge is 0.380 e. The van der Waals surface area contributed by atoms with Crippen molar-refractivity contribution >= 4 is 5.91 Å². The molecule has 1 unspecified atom stereocenters. The predicted molar refractivity (Wildman–Crippen MR) is 54.5 cm³/mol. The van der Waals surface area contributed by atoms with Crippen LogP contribution in [0.5, 0.6) is 0 Å². The first-order valence-corrected chi connectivity index (χ1v) is 5.36. The summed E-state index contributed by atoms with van der Waals surface area (Å²) in [5.74, 6) is 0.0304. The van der Waals surface area contributed by atoms with Crippen LogP contribution >= 0.6 is 0 Å². The molecule has 5 heteroatoms. The smallest absolute Gasteiger partial charge is 0.239 e. The lowest BCUT2D eigenvalue weighted by Gasteiger charge is -2.38. The first-order chi connectivity index (χ1) is 7.20. The molecule has 1 atom stereocenters. The molecule has 0 bridgehead atoms. The Labute approximate surface area is 89.5 Å². The van der Waals surface area contributed by atoms with E-state index in [1.54, 1.807) is 0 Å². The molecule has 0 aromatic heterocycles. The van der Waals surface area contributed by atoms with Crippen molar-refractivity contribution in [2.24, 2.45) is 5.41 Å². The van der Waals surface area contributed by atoms with Gasteiger partial charge in [-0.1, -0.05) is 6.92 Å². The first kappa shape index (κ1) is 10.9. The summed E-state index contributed by atoms with van der Waals surface area (Å²) in [6, 6.07) is -0.191. The molecule has 15 heavy (non-hydrogen) atoms. The van der Waals surface area contributed by atoms with Crippen LogP contribution in [0.15, 0.2) is 0 Å². The minimum atomic E-state index is -0.191. The molecule has 0 aromatic carbocycles. The number of ether oxygens (including phenoxy) is 2. The second kappa shape index (κ2) is 4.47. The van der Waals surface area contributed by atoms with Crippen molar-refractivity contribution in [2.45, 2.75) is 13.0 Å². The van der Waals surface area contributed by atoms with Gasteiger partial charge < -0.3 is 20.1 Å². The molecule has 2 aliphatic heterocycles. The second-order valence-electron chi connectivity index (χ2n) is 4.60. The fraction of sp³-hybridized carbons (Fsp3) is 0.900. The molecule has 0 saturated carbocycles. The molecule has 1 amide bonds. The van der Waals surface area contributed by atoms with E-state index in [9.17, 15) is 4.79 Å². The van der Waals surface area contributed by atoms with Crippen LogP contribution in [0.3, 0.4) is 0 Å². The normalized spacial score (nSPS) is 29.3. The van der Waals surface area contributed by atoms with Crippen LogP contribution in [0.4, 0.5) is 0 Å². The Bertz CT molecular complexity index is 235. The number of carbonyl (C=O) groups is 1. The van der Waals surface area contributed by atoms with Crippen molar-refractivity contribution in [3.8, 4) is 0 Å².